The molecule has 0 aromatic heterocycles. The standard InChI is InChI=1S/C28H24ClN3O3/c1-18(26(33)31-22-10-3-2-4-11-22)30-28(35)25(20-14-16-21(29)17-15-20)32-27(34)24-13-7-9-19-8-5-6-12-23(19)24/h2-18,25H,1H3,(H,30,35)(H,31,33)(H,32,34)/t18?,25-/m0/s1. The summed E-state index contributed by atoms with van der Waals surface area (Å²) in [6.07, 6.45) is 0. The van der Waals surface area contributed by atoms with Crippen LogP contribution in [0.5, 0.6) is 0 Å². The maximum absolute atomic E-state index is 13.3. The zero-order valence-corrected chi connectivity index (χ0v) is 19.8. The van der Waals surface area contributed by atoms with Gasteiger partial charge >= 0.3 is 0 Å². The summed E-state index contributed by atoms with van der Waals surface area (Å²) < 4.78 is 0. The average Bonchev–Trinajstić information content (AvgIpc) is 2.88. The van der Waals surface area contributed by atoms with Crippen molar-refractivity contribution in [1.82, 2.24) is 10.6 Å². The lowest BCUT2D eigenvalue weighted by molar-refractivity contribution is -0.127. The molecular weight excluding hydrogens is 462 g/mol. The van der Waals surface area contributed by atoms with Gasteiger partial charge in [-0.15, -0.1) is 0 Å². The fourth-order valence-corrected chi connectivity index (χ4v) is 3.85. The van der Waals surface area contributed by atoms with Gasteiger partial charge in [0.25, 0.3) is 5.91 Å². The Morgan fingerprint density at radius 1 is 0.714 bits per heavy atom. The second-order valence-corrected chi connectivity index (χ2v) is 8.51. The quantitative estimate of drug-likeness (QED) is 0.340. The van der Waals surface area contributed by atoms with Gasteiger partial charge in [-0.3, -0.25) is 14.4 Å². The van der Waals surface area contributed by atoms with Crippen LogP contribution in [-0.2, 0) is 9.59 Å². The van der Waals surface area contributed by atoms with Gasteiger partial charge in [-0.25, -0.2) is 0 Å². The number of halogens is 1. The first-order chi connectivity index (χ1) is 16.9. The molecule has 0 heterocycles. The first kappa shape index (κ1) is 24.0. The van der Waals surface area contributed by atoms with Crippen LogP contribution < -0.4 is 16.0 Å². The number of nitrogens with one attached hydrogen (secondary N) is 3. The minimum absolute atomic E-state index is 0.375. The van der Waals surface area contributed by atoms with Crippen molar-refractivity contribution in [1.29, 1.82) is 0 Å². The molecule has 2 atom stereocenters. The summed E-state index contributed by atoms with van der Waals surface area (Å²) in [5, 5.41) is 10.5. The van der Waals surface area contributed by atoms with Crippen molar-refractivity contribution in [2.45, 2.75) is 19.0 Å². The summed E-state index contributed by atoms with van der Waals surface area (Å²) >= 11 is 6.02. The molecule has 1 unspecified atom stereocenters. The maximum atomic E-state index is 13.3. The van der Waals surface area contributed by atoms with E-state index in [4.69, 9.17) is 11.6 Å². The molecule has 176 valence electrons. The summed E-state index contributed by atoms with van der Waals surface area (Å²) in [4.78, 5) is 39.2. The zero-order valence-electron chi connectivity index (χ0n) is 19.0. The summed E-state index contributed by atoms with van der Waals surface area (Å²) in [7, 11) is 0. The molecule has 7 heteroatoms. The fourth-order valence-electron chi connectivity index (χ4n) is 3.72. The Hall–Kier alpha value is -4.16. The van der Waals surface area contributed by atoms with Gasteiger partial charge < -0.3 is 16.0 Å². The van der Waals surface area contributed by atoms with E-state index in [-0.39, 0.29) is 5.91 Å². The van der Waals surface area contributed by atoms with Gasteiger partial charge in [0.1, 0.15) is 12.1 Å². The van der Waals surface area contributed by atoms with E-state index in [0.717, 1.165) is 10.8 Å². The van der Waals surface area contributed by atoms with Crippen LogP contribution in [0.25, 0.3) is 10.8 Å². The molecule has 0 radical (unpaired) electrons. The minimum Gasteiger partial charge on any atom is -0.342 e. The highest BCUT2D eigenvalue weighted by atomic mass is 35.5. The van der Waals surface area contributed by atoms with Crippen molar-refractivity contribution in [3.63, 3.8) is 0 Å². The van der Waals surface area contributed by atoms with Gasteiger partial charge in [0.15, 0.2) is 0 Å². The predicted molar refractivity (Wildman–Crippen MR) is 138 cm³/mol. The Kier molecular flexibility index (Phi) is 7.43. The van der Waals surface area contributed by atoms with Crippen LogP contribution in [0.1, 0.15) is 28.9 Å². The van der Waals surface area contributed by atoms with Crippen molar-refractivity contribution >= 4 is 45.8 Å². The van der Waals surface area contributed by atoms with Gasteiger partial charge in [-0.05, 0) is 53.6 Å². The molecule has 0 aliphatic heterocycles. The molecule has 0 aliphatic rings. The zero-order chi connectivity index (χ0) is 24.8. The highest BCUT2D eigenvalue weighted by Crippen LogP contribution is 2.22. The van der Waals surface area contributed by atoms with E-state index >= 15 is 0 Å². The molecule has 0 fully saturated rings. The predicted octanol–water partition coefficient (Wildman–Crippen LogP) is 5.11. The largest absolute Gasteiger partial charge is 0.342 e. The number of anilines is 1. The summed E-state index contributed by atoms with van der Waals surface area (Å²) in [5.74, 6) is -1.30. The van der Waals surface area contributed by atoms with Gasteiger partial charge in [0.05, 0.1) is 0 Å². The van der Waals surface area contributed by atoms with Crippen LogP contribution in [0.15, 0.2) is 97.1 Å². The Labute approximate surface area is 208 Å². The lowest BCUT2D eigenvalue weighted by Gasteiger charge is -2.22. The number of carbonyl (C=O) groups excluding carboxylic acids is 3. The lowest BCUT2D eigenvalue weighted by Crippen LogP contribution is -2.47. The van der Waals surface area contributed by atoms with Crippen LogP contribution in [-0.4, -0.2) is 23.8 Å². The Morgan fingerprint density at radius 2 is 1.37 bits per heavy atom. The van der Waals surface area contributed by atoms with Crippen molar-refractivity contribution in [3.8, 4) is 0 Å². The van der Waals surface area contributed by atoms with E-state index in [9.17, 15) is 14.4 Å². The van der Waals surface area contributed by atoms with E-state index in [0.29, 0.717) is 21.8 Å². The number of carbonyl (C=O) groups is 3. The van der Waals surface area contributed by atoms with Gasteiger partial charge in [0, 0.05) is 16.3 Å². The molecule has 0 saturated carbocycles. The van der Waals surface area contributed by atoms with Crippen molar-refractivity contribution in [2.24, 2.45) is 0 Å². The summed E-state index contributed by atoms with van der Waals surface area (Å²) in [6, 6.07) is 26.7. The highest BCUT2D eigenvalue weighted by Gasteiger charge is 2.27. The highest BCUT2D eigenvalue weighted by molar-refractivity contribution is 6.30. The van der Waals surface area contributed by atoms with E-state index in [1.165, 1.54) is 0 Å². The first-order valence-electron chi connectivity index (χ1n) is 11.1. The topological polar surface area (TPSA) is 87.3 Å². The molecule has 35 heavy (non-hydrogen) atoms. The van der Waals surface area contributed by atoms with Crippen LogP contribution >= 0.6 is 11.6 Å². The third-order valence-electron chi connectivity index (χ3n) is 5.57. The van der Waals surface area contributed by atoms with Crippen molar-refractivity contribution in [3.05, 3.63) is 113 Å². The molecule has 0 spiro atoms. The third-order valence-corrected chi connectivity index (χ3v) is 5.82. The number of benzene rings is 4. The third kappa shape index (κ3) is 5.86. The van der Waals surface area contributed by atoms with Gasteiger partial charge in [-0.2, -0.15) is 0 Å². The van der Waals surface area contributed by atoms with Crippen molar-refractivity contribution in [2.75, 3.05) is 5.32 Å². The van der Waals surface area contributed by atoms with Gasteiger partial charge in [0.2, 0.25) is 11.8 Å². The van der Waals surface area contributed by atoms with Crippen molar-refractivity contribution < 1.29 is 14.4 Å². The normalized spacial score (nSPS) is 12.4. The number of hydrogen-bond donors (Lipinski definition) is 3. The molecule has 0 bridgehead atoms. The molecule has 4 rings (SSSR count). The average molecular weight is 486 g/mol. The lowest BCUT2D eigenvalue weighted by atomic mass is 10.0. The number of fused-ring (bicyclic) bond motifs is 1. The van der Waals surface area contributed by atoms with Crippen LogP contribution in [0.2, 0.25) is 5.02 Å². The number of amides is 3. The molecule has 4 aromatic carbocycles. The second-order valence-electron chi connectivity index (χ2n) is 8.07. The minimum atomic E-state index is -1.04. The number of rotatable bonds is 7. The summed E-state index contributed by atoms with van der Waals surface area (Å²) in [5.41, 5.74) is 1.61. The number of hydrogen-bond acceptors (Lipinski definition) is 3. The molecule has 0 aliphatic carbocycles. The second kappa shape index (κ2) is 10.8. The van der Waals surface area contributed by atoms with E-state index in [1.807, 2.05) is 36.4 Å². The van der Waals surface area contributed by atoms with Crippen LogP contribution in [0.4, 0.5) is 5.69 Å². The SMILES string of the molecule is CC(NC(=O)[C@@H](NC(=O)c1cccc2ccccc12)c1ccc(Cl)cc1)C(=O)Nc1ccccc1. The molecular formula is C28H24ClN3O3. The first-order valence-corrected chi connectivity index (χ1v) is 11.5. The smallest absolute Gasteiger partial charge is 0.252 e. The van der Waals surface area contributed by atoms with Crippen LogP contribution in [0.3, 0.4) is 0 Å². The van der Waals surface area contributed by atoms with Gasteiger partial charge in [-0.1, -0.05) is 78.3 Å². The van der Waals surface area contributed by atoms with E-state index in [2.05, 4.69) is 16.0 Å². The van der Waals surface area contributed by atoms with E-state index in [1.54, 1.807) is 67.6 Å². The van der Waals surface area contributed by atoms with Crippen LogP contribution in [0, 0.1) is 0 Å². The Morgan fingerprint density at radius 3 is 2.11 bits per heavy atom. The molecule has 0 saturated heterocycles. The summed E-state index contributed by atoms with van der Waals surface area (Å²) in [6.45, 7) is 1.58. The number of para-hydroxylation sites is 1. The Balaban J connectivity index is 1.55. The molecule has 6 nitrogen and oxygen atoms in total. The molecule has 3 amide bonds. The maximum Gasteiger partial charge on any atom is 0.252 e. The van der Waals surface area contributed by atoms with E-state index < -0.39 is 23.9 Å². The fraction of sp³-hybridized carbons (Fsp3) is 0.107. The molecule has 4 aromatic rings. The molecule has 3 N–H and O–H groups in total. The monoisotopic (exact) mass is 485 g/mol. The Bertz CT molecular complexity index is 1350.